The van der Waals surface area contributed by atoms with Crippen LogP contribution < -0.4 is 4.72 Å². The number of alkyl halides is 3. The van der Waals surface area contributed by atoms with Crippen molar-refractivity contribution >= 4 is 11.0 Å². The van der Waals surface area contributed by atoms with Crippen LogP contribution >= 0.6 is 0 Å². The second-order valence-electron chi connectivity index (χ2n) is 5.38. The SMILES string of the molecule is Cc1ccc([C@H](NS(=O)C(C)(C)C)C(F)(F)F)cc1. The zero-order valence-electron chi connectivity index (χ0n) is 11.3. The monoisotopic (exact) mass is 293 g/mol. The smallest absolute Gasteiger partial charge is 0.242 e. The molecule has 0 aromatic heterocycles. The largest absolute Gasteiger partial charge is 0.408 e. The lowest BCUT2D eigenvalue weighted by Gasteiger charge is -2.26. The minimum Gasteiger partial charge on any atom is -0.242 e. The molecule has 2 atom stereocenters. The lowest BCUT2D eigenvalue weighted by Crippen LogP contribution is -2.41. The number of aryl methyl sites for hydroxylation is 1. The fourth-order valence-electron chi connectivity index (χ4n) is 1.37. The lowest BCUT2D eigenvalue weighted by atomic mass is 10.1. The number of hydrogen-bond donors (Lipinski definition) is 1. The van der Waals surface area contributed by atoms with Crippen LogP contribution in [0.5, 0.6) is 0 Å². The Labute approximate surface area is 114 Å². The van der Waals surface area contributed by atoms with Gasteiger partial charge in [-0.15, -0.1) is 0 Å². The van der Waals surface area contributed by atoms with Gasteiger partial charge in [0.05, 0.1) is 15.7 Å². The van der Waals surface area contributed by atoms with Crippen LogP contribution in [0.25, 0.3) is 0 Å². The second kappa shape index (κ2) is 5.63. The molecule has 1 aromatic carbocycles. The number of hydrogen-bond acceptors (Lipinski definition) is 1. The van der Waals surface area contributed by atoms with Gasteiger partial charge in [-0.1, -0.05) is 29.8 Å². The van der Waals surface area contributed by atoms with Crippen molar-refractivity contribution in [3.8, 4) is 0 Å². The molecule has 0 aliphatic heterocycles. The summed E-state index contributed by atoms with van der Waals surface area (Å²) in [6.07, 6.45) is -4.49. The molecule has 1 unspecified atom stereocenters. The summed E-state index contributed by atoms with van der Waals surface area (Å²) in [6.45, 7) is 6.67. The first-order valence-electron chi connectivity index (χ1n) is 5.83. The average molecular weight is 293 g/mol. The van der Waals surface area contributed by atoms with Crippen molar-refractivity contribution in [2.45, 2.75) is 44.7 Å². The molecule has 0 heterocycles. The maximum atomic E-state index is 13.1. The second-order valence-corrected chi connectivity index (χ2v) is 7.38. The highest BCUT2D eigenvalue weighted by Crippen LogP contribution is 2.33. The average Bonchev–Trinajstić information content (AvgIpc) is 2.24. The third-order valence-electron chi connectivity index (χ3n) is 2.52. The van der Waals surface area contributed by atoms with E-state index in [-0.39, 0.29) is 5.56 Å². The molecular formula is C13H18F3NOS. The van der Waals surface area contributed by atoms with Gasteiger partial charge in [0, 0.05) is 0 Å². The minimum atomic E-state index is -4.49. The van der Waals surface area contributed by atoms with E-state index in [2.05, 4.69) is 4.72 Å². The van der Waals surface area contributed by atoms with Gasteiger partial charge >= 0.3 is 6.18 Å². The van der Waals surface area contributed by atoms with Crippen LogP contribution in [-0.2, 0) is 11.0 Å². The Bertz CT molecular complexity index is 448. The van der Waals surface area contributed by atoms with Gasteiger partial charge in [-0.3, -0.25) is 0 Å². The number of nitrogens with one attached hydrogen (secondary N) is 1. The van der Waals surface area contributed by atoms with Crippen LogP contribution in [0, 0.1) is 6.92 Å². The molecular weight excluding hydrogens is 275 g/mol. The highest BCUT2D eigenvalue weighted by Gasteiger charge is 2.42. The highest BCUT2D eigenvalue weighted by atomic mass is 32.2. The topological polar surface area (TPSA) is 29.1 Å². The van der Waals surface area contributed by atoms with Gasteiger partial charge in [0.15, 0.2) is 0 Å². The Morgan fingerprint density at radius 1 is 1.11 bits per heavy atom. The Balaban J connectivity index is 3.04. The van der Waals surface area contributed by atoms with Crippen molar-refractivity contribution in [3.63, 3.8) is 0 Å². The van der Waals surface area contributed by atoms with E-state index < -0.39 is 28.0 Å². The lowest BCUT2D eigenvalue weighted by molar-refractivity contribution is -0.152. The number of halogens is 3. The molecule has 19 heavy (non-hydrogen) atoms. The normalized spacial score (nSPS) is 16.2. The zero-order chi connectivity index (χ0) is 14.8. The first-order valence-corrected chi connectivity index (χ1v) is 6.98. The van der Waals surface area contributed by atoms with Gasteiger partial charge < -0.3 is 0 Å². The zero-order valence-corrected chi connectivity index (χ0v) is 12.2. The Hall–Kier alpha value is -0.880. The van der Waals surface area contributed by atoms with Gasteiger partial charge in [-0.2, -0.15) is 13.2 Å². The molecule has 0 fully saturated rings. The van der Waals surface area contributed by atoms with Crippen LogP contribution in [0.1, 0.15) is 37.9 Å². The summed E-state index contributed by atoms with van der Waals surface area (Å²) in [5.74, 6) is 0. The molecule has 0 bridgehead atoms. The van der Waals surface area contributed by atoms with Crippen LogP contribution in [0.15, 0.2) is 24.3 Å². The molecule has 0 aliphatic rings. The molecule has 0 aliphatic carbocycles. The van der Waals surface area contributed by atoms with Gasteiger partial charge in [-0.25, -0.2) is 8.93 Å². The molecule has 1 rings (SSSR count). The molecule has 0 radical (unpaired) electrons. The highest BCUT2D eigenvalue weighted by molar-refractivity contribution is 7.84. The summed E-state index contributed by atoms with van der Waals surface area (Å²) in [7, 11) is -1.79. The standard InChI is InChI=1S/C13H18F3NOS/c1-9-5-7-10(8-6-9)11(13(14,15)16)17-19(18)12(2,3)4/h5-8,11,17H,1-4H3/t11-,19?/m0/s1. The summed E-state index contributed by atoms with van der Waals surface area (Å²) < 4.78 is 52.5. The van der Waals surface area contributed by atoms with Crippen molar-refractivity contribution in [2.75, 3.05) is 0 Å². The van der Waals surface area contributed by atoms with Crippen molar-refractivity contribution in [3.05, 3.63) is 35.4 Å². The van der Waals surface area contributed by atoms with Crippen molar-refractivity contribution in [2.24, 2.45) is 0 Å². The van der Waals surface area contributed by atoms with E-state index in [0.717, 1.165) is 5.56 Å². The summed E-state index contributed by atoms with van der Waals surface area (Å²) in [6, 6.07) is 4.10. The van der Waals surface area contributed by atoms with Crippen molar-refractivity contribution in [1.29, 1.82) is 0 Å². The van der Waals surface area contributed by atoms with Gasteiger partial charge in [0.25, 0.3) is 0 Å². The summed E-state index contributed by atoms with van der Waals surface area (Å²) >= 11 is 0. The molecule has 2 nitrogen and oxygen atoms in total. The van der Waals surface area contributed by atoms with E-state index in [4.69, 9.17) is 0 Å². The molecule has 6 heteroatoms. The van der Waals surface area contributed by atoms with E-state index in [1.54, 1.807) is 39.8 Å². The van der Waals surface area contributed by atoms with Crippen molar-refractivity contribution in [1.82, 2.24) is 4.72 Å². The van der Waals surface area contributed by atoms with Crippen LogP contribution in [0.2, 0.25) is 0 Å². The molecule has 0 saturated carbocycles. The molecule has 0 saturated heterocycles. The third kappa shape index (κ3) is 4.62. The van der Waals surface area contributed by atoms with Gasteiger partial charge in [0.1, 0.15) is 6.04 Å². The van der Waals surface area contributed by atoms with Gasteiger partial charge in [0.2, 0.25) is 0 Å². The molecule has 108 valence electrons. The van der Waals surface area contributed by atoms with E-state index >= 15 is 0 Å². The van der Waals surface area contributed by atoms with Crippen LogP contribution in [-0.4, -0.2) is 15.1 Å². The predicted octanol–water partition coefficient (Wildman–Crippen LogP) is 3.65. The Morgan fingerprint density at radius 3 is 1.95 bits per heavy atom. The third-order valence-corrected chi connectivity index (χ3v) is 4.08. The quantitative estimate of drug-likeness (QED) is 0.905. The van der Waals surface area contributed by atoms with Crippen molar-refractivity contribution < 1.29 is 17.4 Å². The number of benzene rings is 1. The fourth-order valence-corrected chi connectivity index (χ4v) is 2.20. The number of rotatable bonds is 3. The molecule has 1 N–H and O–H groups in total. The van der Waals surface area contributed by atoms with E-state index in [1.165, 1.54) is 12.1 Å². The predicted molar refractivity (Wildman–Crippen MR) is 71.0 cm³/mol. The Kier molecular flexibility index (Phi) is 4.79. The molecule has 0 spiro atoms. The summed E-state index contributed by atoms with van der Waals surface area (Å²) in [4.78, 5) is 0. The first kappa shape index (κ1) is 16.2. The van der Waals surface area contributed by atoms with E-state index in [1.807, 2.05) is 0 Å². The Morgan fingerprint density at radius 2 is 1.58 bits per heavy atom. The van der Waals surface area contributed by atoms with E-state index in [0.29, 0.717) is 0 Å². The summed E-state index contributed by atoms with van der Waals surface area (Å²) in [5.41, 5.74) is 0.942. The molecule has 0 amide bonds. The first-order chi connectivity index (χ1) is 8.51. The molecule has 1 aromatic rings. The maximum Gasteiger partial charge on any atom is 0.408 e. The fraction of sp³-hybridized carbons (Fsp3) is 0.538. The minimum absolute atomic E-state index is 0.0655. The maximum absolute atomic E-state index is 13.1. The van der Waals surface area contributed by atoms with Crippen LogP contribution in [0.3, 0.4) is 0 Å². The van der Waals surface area contributed by atoms with Crippen LogP contribution in [0.4, 0.5) is 13.2 Å². The summed E-state index contributed by atoms with van der Waals surface area (Å²) in [5, 5.41) is 0. The van der Waals surface area contributed by atoms with Gasteiger partial charge in [-0.05, 0) is 33.3 Å². The van der Waals surface area contributed by atoms with E-state index in [9.17, 15) is 17.4 Å².